The van der Waals surface area contributed by atoms with Crippen LogP contribution in [0.25, 0.3) is 0 Å². The molecule has 6 heteroatoms. The minimum absolute atomic E-state index is 0.738. The topological polar surface area (TPSA) is 45.2 Å². The van der Waals surface area contributed by atoms with Crippen molar-refractivity contribution in [3.63, 3.8) is 0 Å². The quantitative estimate of drug-likeness (QED) is 0.853. The van der Waals surface area contributed by atoms with E-state index in [4.69, 9.17) is 4.98 Å². The van der Waals surface area contributed by atoms with Gasteiger partial charge in [-0.15, -0.1) is 11.3 Å². The van der Waals surface area contributed by atoms with E-state index in [0.717, 1.165) is 50.3 Å². The summed E-state index contributed by atoms with van der Waals surface area (Å²) in [7, 11) is 0. The molecule has 3 heterocycles. The van der Waals surface area contributed by atoms with Gasteiger partial charge in [0.25, 0.3) is 0 Å². The van der Waals surface area contributed by atoms with Gasteiger partial charge < -0.3 is 4.90 Å². The molecule has 0 bridgehead atoms. The van der Waals surface area contributed by atoms with Crippen LogP contribution in [0.3, 0.4) is 0 Å². The number of anilines is 1. The molecule has 1 saturated carbocycles. The number of nitrogens with zero attached hydrogens (tertiary/aromatic N) is 5. The van der Waals surface area contributed by atoms with E-state index in [1.165, 1.54) is 36.4 Å². The normalized spacial score (nSPS) is 20.0. The van der Waals surface area contributed by atoms with Gasteiger partial charge >= 0.3 is 0 Å². The predicted molar refractivity (Wildman–Crippen MR) is 97.6 cm³/mol. The molecule has 1 aliphatic heterocycles. The Morgan fingerprint density at radius 3 is 2.67 bits per heavy atom. The second kappa shape index (κ2) is 7.15. The third-order valence-electron chi connectivity index (χ3n) is 5.12. The van der Waals surface area contributed by atoms with Gasteiger partial charge in [-0.2, -0.15) is 0 Å². The third kappa shape index (κ3) is 3.59. The molecule has 0 N–H and O–H groups in total. The number of hydrogen-bond acceptors (Lipinski definition) is 6. The van der Waals surface area contributed by atoms with E-state index in [2.05, 4.69) is 25.1 Å². The zero-order valence-electron chi connectivity index (χ0n) is 14.3. The van der Waals surface area contributed by atoms with Crippen LogP contribution in [0.15, 0.2) is 17.6 Å². The van der Waals surface area contributed by atoms with Crippen LogP contribution >= 0.6 is 11.3 Å². The zero-order chi connectivity index (χ0) is 16.4. The monoisotopic (exact) mass is 343 g/mol. The molecule has 0 aromatic carbocycles. The fraction of sp³-hybridized carbons (Fsp3) is 0.611. The van der Waals surface area contributed by atoms with Crippen LogP contribution in [0.2, 0.25) is 0 Å². The summed E-state index contributed by atoms with van der Waals surface area (Å²) in [4.78, 5) is 18.5. The third-order valence-corrected chi connectivity index (χ3v) is 6.17. The van der Waals surface area contributed by atoms with Crippen LogP contribution in [0, 0.1) is 6.92 Å². The lowest BCUT2D eigenvalue weighted by atomic mass is 10.1. The van der Waals surface area contributed by atoms with Crippen LogP contribution in [0.5, 0.6) is 0 Å². The van der Waals surface area contributed by atoms with Crippen LogP contribution in [0.1, 0.15) is 48.1 Å². The summed E-state index contributed by atoms with van der Waals surface area (Å²) in [6.07, 6.45) is 7.28. The van der Waals surface area contributed by atoms with E-state index in [-0.39, 0.29) is 0 Å². The first-order valence-corrected chi connectivity index (χ1v) is 9.87. The summed E-state index contributed by atoms with van der Waals surface area (Å²) in [5, 5.41) is 3.64. The molecule has 1 aliphatic carbocycles. The van der Waals surface area contributed by atoms with Gasteiger partial charge in [-0.05, 0) is 25.8 Å². The van der Waals surface area contributed by atoms with Crippen LogP contribution in [0.4, 0.5) is 5.82 Å². The number of aryl methyl sites for hydroxylation is 1. The van der Waals surface area contributed by atoms with Crippen molar-refractivity contribution in [1.29, 1.82) is 0 Å². The summed E-state index contributed by atoms with van der Waals surface area (Å²) in [5.41, 5.74) is 1.26. The molecule has 128 valence electrons. The average Bonchev–Trinajstić information content (AvgIpc) is 3.27. The van der Waals surface area contributed by atoms with Crippen LogP contribution < -0.4 is 4.90 Å². The molecule has 1 saturated heterocycles. The van der Waals surface area contributed by atoms with E-state index < -0.39 is 0 Å². The summed E-state index contributed by atoms with van der Waals surface area (Å²) < 4.78 is 0. The summed E-state index contributed by atoms with van der Waals surface area (Å²) in [6, 6.07) is 2.01. The Bertz CT molecular complexity index is 672. The van der Waals surface area contributed by atoms with E-state index >= 15 is 0 Å². The summed E-state index contributed by atoms with van der Waals surface area (Å²) in [6.45, 7) is 7.12. The van der Waals surface area contributed by atoms with Crippen molar-refractivity contribution in [2.45, 2.75) is 45.1 Å². The summed E-state index contributed by atoms with van der Waals surface area (Å²) in [5.74, 6) is 2.64. The fourth-order valence-corrected chi connectivity index (χ4v) is 4.72. The van der Waals surface area contributed by atoms with Crippen molar-refractivity contribution in [3.05, 3.63) is 34.2 Å². The fourth-order valence-electron chi connectivity index (χ4n) is 3.74. The molecule has 4 rings (SSSR count). The lowest BCUT2D eigenvalue weighted by molar-refractivity contribution is 0.247. The van der Waals surface area contributed by atoms with Gasteiger partial charge in [-0.25, -0.2) is 15.0 Å². The van der Waals surface area contributed by atoms with Crippen molar-refractivity contribution in [2.24, 2.45) is 0 Å². The minimum Gasteiger partial charge on any atom is -0.354 e. The number of piperazine rings is 1. The maximum atomic E-state index is 4.92. The van der Waals surface area contributed by atoms with Crippen molar-refractivity contribution < 1.29 is 0 Å². The van der Waals surface area contributed by atoms with Gasteiger partial charge in [0.2, 0.25) is 0 Å². The number of rotatable bonds is 4. The standard InChI is InChI=1S/C18H25N5S/c1-14-19-7-6-17(20-14)23-10-8-22(9-11-23)12-16-13-24-18(21-16)15-4-2-3-5-15/h6-7,13,15H,2-5,8-12H2,1H3. The Hall–Kier alpha value is -1.53. The van der Waals surface area contributed by atoms with Gasteiger partial charge in [-0.1, -0.05) is 12.8 Å². The predicted octanol–water partition coefficient (Wildman–Crippen LogP) is 3.22. The maximum absolute atomic E-state index is 4.92. The van der Waals surface area contributed by atoms with Crippen LogP contribution in [-0.4, -0.2) is 46.0 Å². The molecule has 5 nitrogen and oxygen atoms in total. The van der Waals surface area contributed by atoms with Gasteiger partial charge in [-0.3, -0.25) is 4.90 Å². The molecule has 2 aromatic heterocycles. The number of aromatic nitrogens is 3. The van der Waals surface area contributed by atoms with Crippen molar-refractivity contribution >= 4 is 17.2 Å². The highest BCUT2D eigenvalue weighted by Gasteiger charge is 2.22. The SMILES string of the molecule is Cc1nccc(N2CCN(Cc3csc(C4CCCC4)n3)CC2)n1. The van der Waals surface area contributed by atoms with Gasteiger partial charge in [0.15, 0.2) is 0 Å². The molecule has 0 amide bonds. The Labute approximate surface area is 147 Å². The molecule has 0 spiro atoms. The Morgan fingerprint density at radius 2 is 1.92 bits per heavy atom. The molecule has 0 radical (unpaired) electrons. The second-order valence-corrected chi connectivity index (χ2v) is 7.77. The maximum Gasteiger partial charge on any atom is 0.132 e. The molecular formula is C18H25N5S. The first-order chi connectivity index (χ1) is 11.8. The molecule has 0 atom stereocenters. The van der Waals surface area contributed by atoms with E-state index in [0.29, 0.717) is 0 Å². The number of thiazole rings is 1. The van der Waals surface area contributed by atoms with E-state index in [1.54, 1.807) is 0 Å². The van der Waals surface area contributed by atoms with Gasteiger partial charge in [0, 0.05) is 50.2 Å². The van der Waals surface area contributed by atoms with E-state index in [1.807, 2.05) is 30.5 Å². The zero-order valence-corrected chi connectivity index (χ0v) is 15.1. The highest BCUT2D eigenvalue weighted by atomic mass is 32.1. The smallest absolute Gasteiger partial charge is 0.132 e. The highest BCUT2D eigenvalue weighted by Crippen LogP contribution is 2.35. The number of hydrogen-bond donors (Lipinski definition) is 0. The minimum atomic E-state index is 0.738. The lowest BCUT2D eigenvalue weighted by Crippen LogP contribution is -2.46. The molecule has 24 heavy (non-hydrogen) atoms. The van der Waals surface area contributed by atoms with Crippen molar-refractivity contribution in [1.82, 2.24) is 19.9 Å². The first-order valence-electron chi connectivity index (χ1n) is 8.99. The average molecular weight is 344 g/mol. The Morgan fingerprint density at radius 1 is 1.12 bits per heavy atom. The molecule has 2 fully saturated rings. The Balaban J connectivity index is 1.31. The summed E-state index contributed by atoms with van der Waals surface area (Å²) >= 11 is 1.87. The molecular weight excluding hydrogens is 318 g/mol. The van der Waals surface area contributed by atoms with Crippen LogP contribution in [-0.2, 0) is 6.54 Å². The highest BCUT2D eigenvalue weighted by molar-refractivity contribution is 7.09. The second-order valence-electron chi connectivity index (χ2n) is 6.88. The largest absolute Gasteiger partial charge is 0.354 e. The van der Waals surface area contributed by atoms with Crippen molar-refractivity contribution in [3.8, 4) is 0 Å². The van der Waals surface area contributed by atoms with Gasteiger partial charge in [0.1, 0.15) is 11.6 Å². The van der Waals surface area contributed by atoms with Gasteiger partial charge in [0.05, 0.1) is 10.7 Å². The van der Waals surface area contributed by atoms with E-state index in [9.17, 15) is 0 Å². The lowest BCUT2D eigenvalue weighted by Gasteiger charge is -2.35. The molecule has 0 unspecified atom stereocenters. The Kier molecular flexibility index (Phi) is 4.76. The molecule has 2 aliphatic rings. The molecule has 2 aromatic rings. The van der Waals surface area contributed by atoms with Crippen molar-refractivity contribution in [2.75, 3.05) is 31.1 Å². The first kappa shape index (κ1) is 16.0.